The van der Waals surface area contributed by atoms with Crippen molar-refractivity contribution in [3.05, 3.63) is 35.9 Å². The normalized spacial score (nSPS) is 23.1. The highest BCUT2D eigenvalue weighted by atomic mass is 32.2. The first-order valence-corrected chi connectivity index (χ1v) is 6.03. The number of hydrogen-bond acceptors (Lipinski definition) is 3. The molecule has 0 bridgehead atoms. The van der Waals surface area contributed by atoms with Crippen molar-refractivity contribution in [2.75, 3.05) is 7.05 Å². The molecule has 0 aliphatic carbocycles. The van der Waals surface area contributed by atoms with Gasteiger partial charge in [0.05, 0.1) is 6.04 Å². The van der Waals surface area contributed by atoms with E-state index in [2.05, 4.69) is 17.1 Å². The van der Waals surface area contributed by atoms with Crippen LogP contribution in [-0.2, 0) is 11.3 Å². The lowest BCUT2D eigenvalue weighted by Crippen LogP contribution is -2.32. The number of nitrogens with zero attached hydrogens (tertiary/aromatic N) is 2. The predicted octanol–water partition coefficient (Wildman–Crippen LogP) is 2.14. The number of benzene rings is 1. The molecule has 1 atom stereocenters. The van der Waals surface area contributed by atoms with E-state index in [0.717, 1.165) is 11.7 Å². The summed E-state index contributed by atoms with van der Waals surface area (Å²) >= 11 is 1.24. The van der Waals surface area contributed by atoms with Crippen LogP contribution in [0.15, 0.2) is 35.3 Å². The Labute approximate surface area is 99.6 Å². The van der Waals surface area contributed by atoms with Gasteiger partial charge < -0.3 is 4.90 Å². The van der Waals surface area contributed by atoms with Gasteiger partial charge in [-0.05, 0) is 24.2 Å². The molecule has 1 aliphatic rings. The van der Waals surface area contributed by atoms with Crippen molar-refractivity contribution in [2.24, 2.45) is 4.99 Å². The lowest BCUT2D eigenvalue weighted by atomic mass is 10.2. The molecule has 4 heteroatoms. The second-order valence-corrected chi connectivity index (χ2v) is 4.69. The zero-order valence-corrected chi connectivity index (χ0v) is 10.2. The van der Waals surface area contributed by atoms with E-state index in [4.69, 9.17) is 0 Å². The average molecular weight is 234 g/mol. The monoisotopic (exact) mass is 234 g/mol. The third kappa shape index (κ3) is 2.11. The molecule has 1 aliphatic heterocycles. The van der Waals surface area contributed by atoms with Gasteiger partial charge in [0.15, 0.2) is 5.17 Å². The Balaban J connectivity index is 2.18. The van der Waals surface area contributed by atoms with Gasteiger partial charge in [-0.3, -0.25) is 9.79 Å². The van der Waals surface area contributed by atoms with E-state index in [1.807, 2.05) is 30.0 Å². The number of hydrogen-bond donors (Lipinski definition) is 0. The molecule has 0 amide bonds. The van der Waals surface area contributed by atoms with Crippen molar-refractivity contribution in [1.82, 2.24) is 4.90 Å². The third-order valence-electron chi connectivity index (χ3n) is 2.63. The Hall–Kier alpha value is -1.29. The minimum Gasteiger partial charge on any atom is -0.336 e. The number of thioether (sulfide) groups is 1. The minimum atomic E-state index is -0.0797. The zero-order valence-electron chi connectivity index (χ0n) is 9.38. The zero-order chi connectivity index (χ0) is 11.5. The summed E-state index contributed by atoms with van der Waals surface area (Å²) in [5, 5.41) is 0.998. The van der Waals surface area contributed by atoms with Crippen molar-refractivity contribution in [1.29, 1.82) is 0 Å². The van der Waals surface area contributed by atoms with Gasteiger partial charge in [-0.25, -0.2) is 0 Å². The van der Waals surface area contributed by atoms with Crippen molar-refractivity contribution >= 4 is 22.0 Å². The fourth-order valence-corrected chi connectivity index (χ4v) is 2.59. The SMILES string of the molecule is CN=C1SC(=O)C(C)N1Cc1ccccc1. The Morgan fingerprint density at radius 1 is 1.38 bits per heavy atom. The molecule has 1 saturated heterocycles. The molecular formula is C12H14N2OS. The van der Waals surface area contributed by atoms with Crippen LogP contribution in [0.2, 0.25) is 0 Å². The molecule has 0 N–H and O–H groups in total. The van der Waals surface area contributed by atoms with Gasteiger partial charge in [0.25, 0.3) is 0 Å². The molecule has 0 spiro atoms. The molecule has 1 aromatic rings. The lowest BCUT2D eigenvalue weighted by Gasteiger charge is -2.21. The van der Waals surface area contributed by atoms with Crippen LogP contribution in [0.3, 0.4) is 0 Å². The van der Waals surface area contributed by atoms with Gasteiger partial charge in [0, 0.05) is 13.6 Å². The summed E-state index contributed by atoms with van der Waals surface area (Å²) in [6.07, 6.45) is 0. The molecule has 0 aromatic heterocycles. The number of carbonyl (C=O) groups excluding carboxylic acids is 1. The highest BCUT2D eigenvalue weighted by Gasteiger charge is 2.34. The Morgan fingerprint density at radius 2 is 2.06 bits per heavy atom. The van der Waals surface area contributed by atoms with Crippen LogP contribution in [-0.4, -0.2) is 28.3 Å². The van der Waals surface area contributed by atoms with Gasteiger partial charge in [-0.15, -0.1) is 0 Å². The van der Waals surface area contributed by atoms with Crippen LogP contribution in [0.4, 0.5) is 0 Å². The summed E-state index contributed by atoms with van der Waals surface area (Å²) in [5.74, 6) is 0. The Kier molecular flexibility index (Phi) is 3.29. The van der Waals surface area contributed by atoms with E-state index < -0.39 is 0 Å². The van der Waals surface area contributed by atoms with Crippen molar-refractivity contribution in [2.45, 2.75) is 19.5 Å². The Bertz CT molecular complexity index is 416. The van der Waals surface area contributed by atoms with Crippen LogP contribution in [0.25, 0.3) is 0 Å². The van der Waals surface area contributed by atoms with E-state index in [0.29, 0.717) is 0 Å². The van der Waals surface area contributed by atoms with E-state index in [1.54, 1.807) is 7.05 Å². The summed E-state index contributed by atoms with van der Waals surface area (Å²) in [6, 6.07) is 10.1. The maximum absolute atomic E-state index is 11.6. The summed E-state index contributed by atoms with van der Waals surface area (Å²) in [7, 11) is 1.73. The van der Waals surface area contributed by atoms with Crippen molar-refractivity contribution in [3.8, 4) is 0 Å². The summed E-state index contributed by atoms with van der Waals surface area (Å²) in [5.41, 5.74) is 1.20. The summed E-state index contributed by atoms with van der Waals surface area (Å²) < 4.78 is 0. The van der Waals surface area contributed by atoms with E-state index in [-0.39, 0.29) is 11.2 Å². The van der Waals surface area contributed by atoms with Gasteiger partial charge in [0.2, 0.25) is 5.12 Å². The Morgan fingerprint density at radius 3 is 2.69 bits per heavy atom. The van der Waals surface area contributed by atoms with E-state index in [9.17, 15) is 4.79 Å². The van der Waals surface area contributed by atoms with Crippen molar-refractivity contribution in [3.63, 3.8) is 0 Å². The van der Waals surface area contributed by atoms with E-state index in [1.165, 1.54) is 17.3 Å². The van der Waals surface area contributed by atoms with Gasteiger partial charge in [-0.2, -0.15) is 0 Å². The highest BCUT2D eigenvalue weighted by Crippen LogP contribution is 2.27. The van der Waals surface area contributed by atoms with Crippen LogP contribution in [0.1, 0.15) is 12.5 Å². The number of carbonyl (C=O) groups is 1. The highest BCUT2D eigenvalue weighted by molar-refractivity contribution is 8.26. The molecule has 16 heavy (non-hydrogen) atoms. The molecule has 2 rings (SSSR count). The van der Waals surface area contributed by atoms with Crippen molar-refractivity contribution < 1.29 is 4.79 Å². The van der Waals surface area contributed by atoms with Gasteiger partial charge in [-0.1, -0.05) is 30.3 Å². The van der Waals surface area contributed by atoms with Crippen LogP contribution in [0.5, 0.6) is 0 Å². The summed E-state index contributed by atoms with van der Waals surface area (Å²) in [4.78, 5) is 17.8. The minimum absolute atomic E-state index is 0.0797. The van der Waals surface area contributed by atoms with E-state index >= 15 is 0 Å². The smallest absolute Gasteiger partial charge is 0.218 e. The largest absolute Gasteiger partial charge is 0.336 e. The molecular weight excluding hydrogens is 220 g/mol. The maximum Gasteiger partial charge on any atom is 0.218 e. The fraction of sp³-hybridized carbons (Fsp3) is 0.333. The standard InChI is InChI=1S/C12H14N2OS/c1-9-11(15)16-12(13-2)14(9)8-10-6-4-3-5-7-10/h3-7,9H,8H2,1-2H3. The van der Waals surface area contributed by atoms with Crippen LogP contribution >= 0.6 is 11.8 Å². The topological polar surface area (TPSA) is 32.7 Å². The number of amidine groups is 1. The first kappa shape index (κ1) is 11.2. The molecule has 1 fully saturated rings. The van der Waals surface area contributed by atoms with Gasteiger partial charge >= 0.3 is 0 Å². The summed E-state index contributed by atoms with van der Waals surface area (Å²) in [6.45, 7) is 2.67. The molecule has 1 unspecified atom stereocenters. The second kappa shape index (κ2) is 4.70. The molecule has 1 heterocycles. The van der Waals surface area contributed by atoms with Gasteiger partial charge in [0.1, 0.15) is 0 Å². The molecule has 0 saturated carbocycles. The maximum atomic E-state index is 11.6. The third-order valence-corrected chi connectivity index (χ3v) is 3.78. The molecule has 0 radical (unpaired) electrons. The first-order valence-electron chi connectivity index (χ1n) is 5.21. The second-order valence-electron chi connectivity index (χ2n) is 3.72. The number of rotatable bonds is 2. The average Bonchev–Trinajstić information content (AvgIpc) is 2.58. The first-order chi connectivity index (χ1) is 7.72. The quantitative estimate of drug-likeness (QED) is 0.786. The lowest BCUT2D eigenvalue weighted by molar-refractivity contribution is -0.113. The van der Waals surface area contributed by atoms with Crippen LogP contribution in [0, 0.1) is 0 Å². The fourth-order valence-electron chi connectivity index (χ4n) is 1.69. The molecule has 3 nitrogen and oxygen atoms in total. The van der Waals surface area contributed by atoms with Crippen LogP contribution < -0.4 is 0 Å². The number of aliphatic imine (C=N–C) groups is 1. The molecule has 1 aromatic carbocycles. The molecule has 84 valence electrons. The predicted molar refractivity (Wildman–Crippen MR) is 67.4 cm³/mol.